The van der Waals surface area contributed by atoms with Gasteiger partial charge in [-0.1, -0.05) is 61.5 Å². The number of hydrogen-bond donors (Lipinski definition) is 3. The number of nitrogens with one attached hydrogen (secondary N) is 2. The Kier molecular flexibility index (Phi) is 8.21. The largest absolute Gasteiger partial charge is 0.384 e. The first kappa shape index (κ1) is 21.9. The molecule has 2 amide bonds. The summed E-state index contributed by atoms with van der Waals surface area (Å²) in [5, 5.41) is 9.36. The van der Waals surface area contributed by atoms with Crippen LogP contribution in [-0.4, -0.2) is 24.3 Å². The first-order valence-electron chi connectivity index (χ1n) is 9.55. The van der Waals surface area contributed by atoms with Gasteiger partial charge in [0, 0.05) is 6.42 Å². The van der Waals surface area contributed by atoms with E-state index in [4.69, 9.17) is 10.6 Å². The van der Waals surface area contributed by atoms with Crippen LogP contribution < -0.4 is 16.4 Å². The number of nitrogens with zero attached hydrogens (tertiary/aromatic N) is 1. The minimum Gasteiger partial charge on any atom is -0.384 e. The maximum atomic E-state index is 12.7. The second-order valence-corrected chi connectivity index (χ2v) is 7.15. The van der Waals surface area contributed by atoms with E-state index < -0.39 is 5.91 Å². The third kappa shape index (κ3) is 7.29. The van der Waals surface area contributed by atoms with E-state index >= 15 is 0 Å². The number of amides is 2. The molecule has 1 unspecified atom stereocenters. The van der Waals surface area contributed by atoms with Crippen molar-refractivity contribution in [3.63, 3.8) is 0 Å². The number of rotatable bonds is 9. The maximum absolute atomic E-state index is 12.7. The van der Waals surface area contributed by atoms with Crippen LogP contribution in [0.15, 0.2) is 59.8 Å². The minimum absolute atomic E-state index is 0.172. The summed E-state index contributed by atoms with van der Waals surface area (Å²) in [4.78, 5) is 29.9. The standard InChI is InChI=1S/C22H28N4O3/c1-15(2)13-20(23)26-29-14-21(27)25-19-12-8-7-11-18(19)22(28)24-16(3)17-9-5-4-6-10-17/h4-12,15-16H,13-14H2,1-3H3,(H2,23,26)(H,24,28)(H,25,27). The van der Waals surface area contributed by atoms with Crippen LogP contribution in [-0.2, 0) is 9.63 Å². The second-order valence-electron chi connectivity index (χ2n) is 7.15. The number of carbonyl (C=O) groups is 2. The fraction of sp³-hybridized carbons (Fsp3) is 0.318. The highest BCUT2D eigenvalue weighted by Crippen LogP contribution is 2.18. The Morgan fingerprint density at radius 2 is 1.69 bits per heavy atom. The van der Waals surface area contributed by atoms with Gasteiger partial charge in [0.05, 0.1) is 17.3 Å². The summed E-state index contributed by atoms with van der Waals surface area (Å²) in [6.07, 6.45) is 0.588. The zero-order chi connectivity index (χ0) is 21.2. The molecule has 29 heavy (non-hydrogen) atoms. The van der Waals surface area contributed by atoms with Crippen molar-refractivity contribution in [1.82, 2.24) is 5.32 Å². The van der Waals surface area contributed by atoms with Crippen LogP contribution >= 0.6 is 0 Å². The SMILES string of the molecule is CC(C)C/C(N)=N/OCC(=O)Nc1ccccc1C(=O)NC(C)c1ccccc1. The molecule has 4 N–H and O–H groups in total. The Bertz CT molecular complexity index is 850. The molecule has 2 aromatic rings. The third-order valence-corrected chi connectivity index (χ3v) is 4.09. The second kappa shape index (κ2) is 10.8. The van der Waals surface area contributed by atoms with Crippen LogP contribution in [0.5, 0.6) is 0 Å². The molecule has 2 rings (SSSR count). The fourth-order valence-corrected chi connectivity index (χ4v) is 2.71. The number of oxime groups is 1. The van der Waals surface area contributed by atoms with Crippen LogP contribution in [0.3, 0.4) is 0 Å². The van der Waals surface area contributed by atoms with Gasteiger partial charge in [-0.2, -0.15) is 0 Å². The number of nitrogens with two attached hydrogens (primary N) is 1. The number of amidine groups is 1. The van der Waals surface area contributed by atoms with Crippen molar-refractivity contribution in [3.05, 3.63) is 65.7 Å². The van der Waals surface area contributed by atoms with Gasteiger partial charge in [-0.3, -0.25) is 9.59 Å². The van der Waals surface area contributed by atoms with E-state index in [-0.39, 0.29) is 18.6 Å². The van der Waals surface area contributed by atoms with Crippen LogP contribution in [0.4, 0.5) is 5.69 Å². The molecule has 0 radical (unpaired) electrons. The molecule has 0 saturated heterocycles. The average Bonchev–Trinajstić information content (AvgIpc) is 2.68. The van der Waals surface area contributed by atoms with Crippen LogP contribution in [0.1, 0.15) is 49.2 Å². The van der Waals surface area contributed by atoms with Gasteiger partial charge < -0.3 is 21.2 Å². The van der Waals surface area contributed by atoms with Crippen LogP contribution in [0.2, 0.25) is 0 Å². The normalized spacial score (nSPS) is 12.3. The van der Waals surface area contributed by atoms with Gasteiger partial charge in [0.1, 0.15) is 5.84 Å². The molecular weight excluding hydrogens is 368 g/mol. The lowest BCUT2D eigenvalue weighted by molar-refractivity contribution is -0.120. The van der Waals surface area contributed by atoms with E-state index in [1.165, 1.54) is 0 Å². The van der Waals surface area contributed by atoms with Crippen molar-refractivity contribution < 1.29 is 14.4 Å². The van der Waals surface area contributed by atoms with Gasteiger partial charge in [-0.05, 0) is 30.5 Å². The summed E-state index contributed by atoms with van der Waals surface area (Å²) in [5.74, 6) is -0.0258. The summed E-state index contributed by atoms with van der Waals surface area (Å²) in [7, 11) is 0. The average molecular weight is 396 g/mol. The molecule has 0 aliphatic heterocycles. The van der Waals surface area contributed by atoms with Gasteiger partial charge in [0.25, 0.3) is 11.8 Å². The van der Waals surface area contributed by atoms with Crippen LogP contribution in [0, 0.1) is 5.92 Å². The van der Waals surface area contributed by atoms with Crippen molar-refractivity contribution in [3.8, 4) is 0 Å². The summed E-state index contributed by atoms with van der Waals surface area (Å²) < 4.78 is 0. The molecule has 154 valence electrons. The van der Waals surface area contributed by atoms with Gasteiger partial charge >= 0.3 is 0 Å². The highest BCUT2D eigenvalue weighted by Gasteiger charge is 2.16. The number of anilines is 1. The smallest absolute Gasteiger partial charge is 0.265 e. The van der Waals surface area contributed by atoms with Crippen molar-refractivity contribution in [2.75, 3.05) is 11.9 Å². The predicted molar refractivity (Wildman–Crippen MR) is 114 cm³/mol. The Hall–Kier alpha value is -3.35. The molecule has 2 aromatic carbocycles. The topological polar surface area (TPSA) is 106 Å². The van der Waals surface area contributed by atoms with Gasteiger partial charge in [-0.25, -0.2) is 0 Å². The summed E-state index contributed by atoms with van der Waals surface area (Å²) in [6.45, 7) is 5.63. The Balaban J connectivity index is 1.97. The van der Waals surface area contributed by atoms with Gasteiger partial charge in [0.15, 0.2) is 6.61 Å². The highest BCUT2D eigenvalue weighted by atomic mass is 16.6. The molecule has 7 heteroatoms. The number of benzene rings is 2. The highest BCUT2D eigenvalue weighted by molar-refractivity contribution is 6.04. The molecule has 0 aliphatic rings. The van der Waals surface area contributed by atoms with E-state index in [1.54, 1.807) is 24.3 Å². The minimum atomic E-state index is -0.428. The van der Waals surface area contributed by atoms with E-state index in [0.717, 1.165) is 5.56 Å². The maximum Gasteiger partial charge on any atom is 0.265 e. The van der Waals surface area contributed by atoms with Gasteiger partial charge in [-0.15, -0.1) is 0 Å². The number of para-hydroxylation sites is 1. The predicted octanol–water partition coefficient (Wildman–Crippen LogP) is 3.45. The lowest BCUT2D eigenvalue weighted by atomic mass is 10.1. The molecule has 0 fully saturated rings. The monoisotopic (exact) mass is 396 g/mol. The van der Waals surface area contributed by atoms with Crippen molar-refractivity contribution in [2.45, 2.75) is 33.2 Å². The van der Waals surface area contributed by atoms with Crippen molar-refractivity contribution >= 4 is 23.3 Å². The molecule has 0 aliphatic carbocycles. The zero-order valence-corrected chi connectivity index (χ0v) is 17.0. The number of carbonyl (C=O) groups excluding carboxylic acids is 2. The first-order valence-corrected chi connectivity index (χ1v) is 9.55. The van der Waals surface area contributed by atoms with Crippen molar-refractivity contribution in [1.29, 1.82) is 0 Å². The molecule has 1 atom stereocenters. The van der Waals surface area contributed by atoms with E-state index in [9.17, 15) is 9.59 Å². The fourth-order valence-electron chi connectivity index (χ4n) is 2.71. The third-order valence-electron chi connectivity index (χ3n) is 4.09. The van der Waals surface area contributed by atoms with E-state index in [1.807, 2.05) is 51.1 Å². The lowest BCUT2D eigenvalue weighted by Crippen LogP contribution is -2.28. The molecule has 0 spiro atoms. The molecule has 0 heterocycles. The van der Waals surface area contributed by atoms with E-state index in [0.29, 0.717) is 29.4 Å². The Morgan fingerprint density at radius 1 is 1.03 bits per heavy atom. The molecule has 7 nitrogen and oxygen atoms in total. The van der Waals surface area contributed by atoms with E-state index in [2.05, 4.69) is 15.8 Å². The van der Waals surface area contributed by atoms with Gasteiger partial charge in [0.2, 0.25) is 0 Å². The molecule has 0 bridgehead atoms. The summed E-state index contributed by atoms with van der Waals surface area (Å²) in [6, 6.07) is 16.3. The van der Waals surface area contributed by atoms with Crippen molar-refractivity contribution in [2.24, 2.45) is 16.8 Å². The zero-order valence-electron chi connectivity index (χ0n) is 17.0. The first-order chi connectivity index (χ1) is 13.9. The molecular formula is C22H28N4O3. The quantitative estimate of drug-likeness (QED) is 0.343. The summed E-state index contributed by atoms with van der Waals surface area (Å²) in [5.41, 5.74) is 7.47. The summed E-state index contributed by atoms with van der Waals surface area (Å²) >= 11 is 0. The lowest BCUT2D eigenvalue weighted by Gasteiger charge is -2.16. The Labute approximate surface area is 171 Å². The number of hydrogen-bond acceptors (Lipinski definition) is 4. The van der Waals surface area contributed by atoms with Crippen LogP contribution in [0.25, 0.3) is 0 Å². The Morgan fingerprint density at radius 3 is 2.38 bits per heavy atom. The molecule has 0 saturated carbocycles. The molecule has 0 aromatic heterocycles.